The van der Waals surface area contributed by atoms with Crippen LogP contribution in [0.3, 0.4) is 0 Å². The second-order valence-corrected chi connectivity index (χ2v) is 3.89. The Hall–Kier alpha value is -1.49. The van der Waals surface area contributed by atoms with Gasteiger partial charge < -0.3 is 20.9 Å². The minimum atomic E-state index is 0.130. The molecule has 0 spiro atoms. The molecule has 0 fully saturated rings. The van der Waals surface area contributed by atoms with Crippen molar-refractivity contribution in [2.24, 2.45) is 5.92 Å². The molecule has 0 aliphatic heterocycles. The quantitative estimate of drug-likeness (QED) is 0.699. The van der Waals surface area contributed by atoms with E-state index in [9.17, 15) is 0 Å². The first-order valence-electron chi connectivity index (χ1n) is 5.26. The molecule has 90 valence electrons. The number of aliphatic hydroxyl groups excluding tert-OH is 1. The van der Waals surface area contributed by atoms with Crippen LogP contribution in [-0.4, -0.2) is 29.8 Å². The fraction of sp³-hybridized carbons (Fsp3) is 0.545. The molecule has 0 amide bonds. The second-order valence-electron chi connectivity index (χ2n) is 3.89. The number of rotatable bonds is 5. The Bertz CT molecular complexity index is 344. The predicted octanol–water partition coefficient (Wildman–Crippen LogP) is 1.10. The summed E-state index contributed by atoms with van der Waals surface area (Å²) in [5.74, 6) is 1.26. The number of ether oxygens (including phenoxy) is 1. The van der Waals surface area contributed by atoms with Gasteiger partial charge in [-0.25, -0.2) is 0 Å². The first kappa shape index (κ1) is 12.6. The van der Waals surface area contributed by atoms with Gasteiger partial charge in [0.2, 0.25) is 5.88 Å². The zero-order chi connectivity index (χ0) is 12.1. The standard InChI is InChI=1S/C11H19N3O2/c1-7(6-15)8(2)13-10-5-4-9(12)11(14-10)16-3/h4-5,7-8,15H,6,12H2,1-3H3,(H,13,14). The van der Waals surface area contributed by atoms with Gasteiger partial charge in [-0.3, -0.25) is 0 Å². The van der Waals surface area contributed by atoms with Crippen molar-refractivity contribution >= 4 is 11.5 Å². The molecule has 0 radical (unpaired) electrons. The molecule has 1 heterocycles. The van der Waals surface area contributed by atoms with Crippen LogP contribution in [0.5, 0.6) is 5.88 Å². The van der Waals surface area contributed by atoms with E-state index < -0.39 is 0 Å². The summed E-state index contributed by atoms with van der Waals surface area (Å²) < 4.78 is 5.03. The van der Waals surface area contributed by atoms with Crippen LogP contribution in [0, 0.1) is 5.92 Å². The average molecular weight is 225 g/mol. The third kappa shape index (κ3) is 3.00. The van der Waals surface area contributed by atoms with Crippen LogP contribution >= 0.6 is 0 Å². The highest BCUT2D eigenvalue weighted by Gasteiger charge is 2.12. The highest BCUT2D eigenvalue weighted by Crippen LogP contribution is 2.21. The lowest BCUT2D eigenvalue weighted by Gasteiger charge is -2.20. The maximum atomic E-state index is 9.02. The van der Waals surface area contributed by atoms with Crippen LogP contribution < -0.4 is 15.8 Å². The van der Waals surface area contributed by atoms with Crippen molar-refractivity contribution in [2.75, 3.05) is 24.8 Å². The Balaban J connectivity index is 2.74. The molecule has 0 saturated carbocycles. The molecule has 16 heavy (non-hydrogen) atoms. The Morgan fingerprint density at radius 1 is 1.50 bits per heavy atom. The Kier molecular flexibility index (Phi) is 4.37. The average Bonchev–Trinajstić information content (AvgIpc) is 2.30. The maximum absolute atomic E-state index is 9.02. The summed E-state index contributed by atoms with van der Waals surface area (Å²) >= 11 is 0. The zero-order valence-electron chi connectivity index (χ0n) is 9.90. The number of aromatic nitrogens is 1. The minimum Gasteiger partial charge on any atom is -0.479 e. The molecular formula is C11H19N3O2. The fourth-order valence-electron chi connectivity index (χ4n) is 1.23. The summed E-state index contributed by atoms with van der Waals surface area (Å²) in [6, 6.07) is 3.66. The summed E-state index contributed by atoms with van der Waals surface area (Å²) in [7, 11) is 1.53. The number of pyridine rings is 1. The summed E-state index contributed by atoms with van der Waals surface area (Å²) in [4.78, 5) is 4.21. The Morgan fingerprint density at radius 2 is 2.19 bits per heavy atom. The number of nitrogens with two attached hydrogens (primary N) is 1. The number of hydrogen-bond acceptors (Lipinski definition) is 5. The Morgan fingerprint density at radius 3 is 2.75 bits per heavy atom. The van der Waals surface area contributed by atoms with Gasteiger partial charge in [0.15, 0.2) is 0 Å². The number of nitrogens with zero attached hydrogens (tertiary/aromatic N) is 1. The second kappa shape index (κ2) is 5.55. The molecule has 0 aromatic carbocycles. The van der Waals surface area contributed by atoms with Crippen LogP contribution in [0.1, 0.15) is 13.8 Å². The normalized spacial score (nSPS) is 14.2. The Labute approximate surface area is 95.6 Å². The van der Waals surface area contributed by atoms with Crippen LogP contribution in [0.15, 0.2) is 12.1 Å². The highest BCUT2D eigenvalue weighted by molar-refractivity contribution is 5.53. The maximum Gasteiger partial charge on any atom is 0.238 e. The van der Waals surface area contributed by atoms with Gasteiger partial charge in [-0.05, 0) is 25.0 Å². The van der Waals surface area contributed by atoms with Gasteiger partial charge in [0, 0.05) is 12.6 Å². The molecule has 2 unspecified atom stereocenters. The minimum absolute atomic E-state index is 0.130. The van der Waals surface area contributed by atoms with E-state index in [0.29, 0.717) is 17.4 Å². The summed E-state index contributed by atoms with van der Waals surface area (Å²) in [5, 5.41) is 12.2. The molecular weight excluding hydrogens is 206 g/mol. The zero-order valence-corrected chi connectivity index (χ0v) is 9.90. The highest BCUT2D eigenvalue weighted by atomic mass is 16.5. The van der Waals surface area contributed by atoms with E-state index in [4.69, 9.17) is 15.6 Å². The molecule has 0 aliphatic rings. The lowest BCUT2D eigenvalue weighted by molar-refractivity contribution is 0.226. The molecule has 1 rings (SSSR count). The van der Waals surface area contributed by atoms with E-state index in [0.717, 1.165) is 0 Å². The van der Waals surface area contributed by atoms with Crippen molar-refractivity contribution in [3.8, 4) is 5.88 Å². The lowest BCUT2D eigenvalue weighted by Crippen LogP contribution is -2.26. The number of hydrogen-bond donors (Lipinski definition) is 3. The first-order chi connectivity index (χ1) is 7.58. The molecule has 0 aliphatic carbocycles. The van der Waals surface area contributed by atoms with Gasteiger partial charge in [0.1, 0.15) is 5.82 Å². The van der Waals surface area contributed by atoms with Crippen LogP contribution in [0.25, 0.3) is 0 Å². The van der Waals surface area contributed by atoms with Crippen LogP contribution in [0.4, 0.5) is 11.5 Å². The van der Waals surface area contributed by atoms with Crippen LogP contribution in [-0.2, 0) is 0 Å². The largest absolute Gasteiger partial charge is 0.479 e. The van der Waals surface area contributed by atoms with E-state index in [1.807, 2.05) is 13.8 Å². The van der Waals surface area contributed by atoms with Crippen molar-refractivity contribution in [3.05, 3.63) is 12.1 Å². The van der Waals surface area contributed by atoms with E-state index in [1.54, 1.807) is 12.1 Å². The van der Waals surface area contributed by atoms with Gasteiger partial charge in [-0.2, -0.15) is 4.98 Å². The molecule has 0 bridgehead atoms. The molecule has 2 atom stereocenters. The number of nitrogens with one attached hydrogen (secondary N) is 1. The van der Waals surface area contributed by atoms with Gasteiger partial charge in [0.25, 0.3) is 0 Å². The predicted molar refractivity (Wildman–Crippen MR) is 64.5 cm³/mol. The van der Waals surface area contributed by atoms with Gasteiger partial charge in [-0.1, -0.05) is 6.92 Å². The van der Waals surface area contributed by atoms with Crippen molar-refractivity contribution in [1.29, 1.82) is 0 Å². The number of nitrogen functional groups attached to an aromatic ring is 1. The van der Waals surface area contributed by atoms with Crippen LogP contribution in [0.2, 0.25) is 0 Å². The van der Waals surface area contributed by atoms with Crippen molar-refractivity contribution in [3.63, 3.8) is 0 Å². The number of anilines is 2. The first-order valence-corrected chi connectivity index (χ1v) is 5.26. The van der Waals surface area contributed by atoms with Gasteiger partial charge in [0.05, 0.1) is 12.8 Å². The molecule has 4 N–H and O–H groups in total. The molecule has 5 heteroatoms. The lowest BCUT2D eigenvalue weighted by atomic mass is 10.1. The number of aliphatic hydroxyl groups is 1. The molecule has 0 saturated heterocycles. The molecule has 1 aromatic rings. The summed E-state index contributed by atoms with van der Waals surface area (Å²) in [5.41, 5.74) is 6.17. The van der Waals surface area contributed by atoms with Crippen molar-refractivity contribution in [1.82, 2.24) is 4.98 Å². The molecule has 5 nitrogen and oxygen atoms in total. The van der Waals surface area contributed by atoms with Gasteiger partial charge in [-0.15, -0.1) is 0 Å². The van der Waals surface area contributed by atoms with E-state index in [-0.39, 0.29) is 18.6 Å². The van der Waals surface area contributed by atoms with E-state index in [2.05, 4.69) is 10.3 Å². The van der Waals surface area contributed by atoms with E-state index >= 15 is 0 Å². The number of methoxy groups -OCH3 is 1. The fourth-order valence-corrected chi connectivity index (χ4v) is 1.23. The monoisotopic (exact) mass is 225 g/mol. The molecule has 1 aromatic heterocycles. The smallest absolute Gasteiger partial charge is 0.238 e. The third-order valence-electron chi connectivity index (χ3n) is 2.60. The van der Waals surface area contributed by atoms with Gasteiger partial charge >= 0.3 is 0 Å². The topological polar surface area (TPSA) is 80.4 Å². The SMILES string of the molecule is COc1nc(NC(C)C(C)CO)ccc1N. The summed E-state index contributed by atoms with van der Waals surface area (Å²) in [6.45, 7) is 4.10. The van der Waals surface area contributed by atoms with Crippen molar-refractivity contribution in [2.45, 2.75) is 19.9 Å². The van der Waals surface area contributed by atoms with Crippen molar-refractivity contribution < 1.29 is 9.84 Å². The third-order valence-corrected chi connectivity index (χ3v) is 2.60. The summed E-state index contributed by atoms with van der Waals surface area (Å²) in [6.07, 6.45) is 0. The van der Waals surface area contributed by atoms with E-state index in [1.165, 1.54) is 7.11 Å².